The summed E-state index contributed by atoms with van der Waals surface area (Å²) in [6.07, 6.45) is -0.966. The van der Waals surface area contributed by atoms with E-state index in [1.165, 1.54) is 24.1 Å². The van der Waals surface area contributed by atoms with Gasteiger partial charge in [-0.1, -0.05) is 18.2 Å². The molecule has 1 fully saturated rings. The molecule has 2 N–H and O–H groups in total. The van der Waals surface area contributed by atoms with Gasteiger partial charge in [0, 0.05) is 18.7 Å². The zero-order valence-electron chi connectivity index (χ0n) is 16.4. The van der Waals surface area contributed by atoms with E-state index in [0.29, 0.717) is 16.9 Å². The van der Waals surface area contributed by atoms with E-state index in [2.05, 4.69) is 0 Å². The monoisotopic (exact) mass is 401 g/mol. The topological polar surface area (TPSA) is 87.1 Å². The molecule has 2 atom stereocenters. The molecule has 0 aromatic heterocycles. The molecule has 0 saturated carbocycles. The highest BCUT2D eigenvalue weighted by atomic mass is 19.1. The highest BCUT2D eigenvalue weighted by molar-refractivity contribution is 5.96. The number of rotatable bonds is 5. The average molecular weight is 401 g/mol. The minimum absolute atomic E-state index is 0.0343. The van der Waals surface area contributed by atoms with Gasteiger partial charge in [-0.3, -0.25) is 9.59 Å². The van der Waals surface area contributed by atoms with Crippen LogP contribution >= 0.6 is 0 Å². The molecule has 3 rings (SSSR count). The number of aliphatic hydroxyl groups excluding tert-OH is 1. The van der Waals surface area contributed by atoms with Gasteiger partial charge in [0.25, 0.3) is 5.91 Å². The molecule has 6 nitrogen and oxygen atoms in total. The average Bonchev–Trinajstić information content (AvgIpc) is 2.71. The van der Waals surface area contributed by atoms with E-state index in [-0.39, 0.29) is 31.5 Å². The number of aliphatic hydroxyl groups is 1. The smallest absolute Gasteiger partial charge is 0.314 e. The molecule has 2 aromatic rings. The number of carboxylic acids is 1. The molecule has 7 heteroatoms. The lowest BCUT2D eigenvalue weighted by Gasteiger charge is -2.43. The number of amides is 1. The van der Waals surface area contributed by atoms with Gasteiger partial charge in [-0.25, -0.2) is 4.39 Å². The molecule has 1 saturated heterocycles. The quantitative estimate of drug-likeness (QED) is 0.804. The van der Waals surface area contributed by atoms with Crippen LogP contribution in [0.2, 0.25) is 0 Å². The summed E-state index contributed by atoms with van der Waals surface area (Å²) >= 11 is 0. The molecule has 1 aliphatic heterocycles. The third kappa shape index (κ3) is 4.10. The molecule has 0 radical (unpaired) electrons. The first kappa shape index (κ1) is 20.8. The Bertz CT molecular complexity index is 931. The van der Waals surface area contributed by atoms with E-state index in [9.17, 15) is 24.2 Å². The minimum atomic E-state index is -1.57. The zero-order valence-corrected chi connectivity index (χ0v) is 16.4. The fourth-order valence-corrected chi connectivity index (χ4v) is 3.85. The molecular formula is C22H24FNO5. The van der Waals surface area contributed by atoms with Gasteiger partial charge < -0.3 is 19.8 Å². The van der Waals surface area contributed by atoms with Crippen molar-refractivity contribution in [3.8, 4) is 5.75 Å². The molecule has 154 valence electrons. The lowest BCUT2D eigenvalue weighted by Crippen LogP contribution is -2.58. The summed E-state index contributed by atoms with van der Waals surface area (Å²) in [5, 5.41) is 20.7. The summed E-state index contributed by atoms with van der Waals surface area (Å²) in [5.74, 6) is -1.57. The summed E-state index contributed by atoms with van der Waals surface area (Å²) in [7, 11) is 1.52. The highest BCUT2D eigenvalue weighted by Crippen LogP contribution is 2.36. The minimum Gasteiger partial charge on any atom is -0.497 e. The molecule has 1 aliphatic rings. The maximum atomic E-state index is 13.7. The van der Waals surface area contributed by atoms with Gasteiger partial charge in [0.2, 0.25) is 0 Å². The van der Waals surface area contributed by atoms with Crippen LogP contribution in [0.1, 0.15) is 27.9 Å². The Labute approximate surface area is 168 Å². The third-order valence-corrected chi connectivity index (χ3v) is 5.58. The van der Waals surface area contributed by atoms with Gasteiger partial charge in [-0.05, 0) is 55.2 Å². The van der Waals surface area contributed by atoms with Gasteiger partial charge in [0.05, 0.1) is 13.2 Å². The van der Waals surface area contributed by atoms with Gasteiger partial charge in [0.15, 0.2) is 0 Å². The molecule has 2 aromatic carbocycles. The Morgan fingerprint density at radius 2 is 2.03 bits per heavy atom. The largest absolute Gasteiger partial charge is 0.497 e. The number of hydrogen-bond acceptors (Lipinski definition) is 4. The number of hydrogen-bond donors (Lipinski definition) is 2. The molecule has 29 heavy (non-hydrogen) atoms. The van der Waals surface area contributed by atoms with Crippen LogP contribution in [0.4, 0.5) is 4.39 Å². The maximum absolute atomic E-state index is 13.7. The lowest BCUT2D eigenvalue weighted by molar-refractivity contribution is -0.161. The zero-order chi connectivity index (χ0) is 21.2. The summed E-state index contributed by atoms with van der Waals surface area (Å²) in [6, 6.07) is 10.9. The van der Waals surface area contributed by atoms with E-state index < -0.39 is 29.2 Å². The van der Waals surface area contributed by atoms with Crippen LogP contribution in [0.15, 0.2) is 42.5 Å². The fraction of sp³-hybridized carbons (Fsp3) is 0.364. The van der Waals surface area contributed by atoms with E-state index in [4.69, 9.17) is 4.74 Å². The van der Waals surface area contributed by atoms with Crippen molar-refractivity contribution < 1.29 is 28.9 Å². The van der Waals surface area contributed by atoms with Gasteiger partial charge in [0.1, 0.15) is 17.0 Å². The van der Waals surface area contributed by atoms with Crippen molar-refractivity contribution in [3.05, 3.63) is 65.0 Å². The Morgan fingerprint density at radius 1 is 1.28 bits per heavy atom. The summed E-state index contributed by atoms with van der Waals surface area (Å²) in [4.78, 5) is 26.7. The van der Waals surface area contributed by atoms with Crippen molar-refractivity contribution in [2.75, 3.05) is 20.2 Å². The van der Waals surface area contributed by atoms with E-state index in [0.717, 1.165) is 6.07 Å². The molecule has 0 aliphatic carbocycles. The first-order valence-electron chi connectivity index (χ1n) is 9.36. The molecule has 1 amide bonds. The van der Waals surface area contributed by atoms with Crippen LogP contribution in [0.5, 0.6) is 5.75 Å². The number of likely N-dealkylation sites (tertiary alicyclic amines) is 1. The second-order valence-corrected chi connectivity index (χ2v) is 7.48. The number of ether oxygens (including phenoxy) is 1. The first-order chi connectivity index (χ1) is 13.8. The number of aryl methyl sites for hydroxylation is 1. The molecule has 0 bridgehead atoms. The number of aliphatic carboxylic acids is 1. The molecule has 0 unspecified atom stereocenters. The summed E-state index contributed by atoms with van der Waals surface area (Å²) in [5.41, 5.74) is -0.0815. The van der Waals surface area contributed by atoms with Gasteiger partial charge in [-0.2, -0.15) is 0 Å². The predicted molar refractivity (Wildman–Crippen MR) is 104 cm³/mol. The van der Waals surface area contributed by atoms with Crippen LogP contribution in [-0.4, -0.2) is 53.3 Å². The van der Waals surface area contributed by atoms with E-state index >= 15 is 0 Å². The van der Waals surface area contributed by atoms with Crippen molar-refractivity contribution >= 4 is 11.9 Å². The second kappa shape index (κ2) is 8.21. The number of carbonyl (C=O) groups excluding carboxylic acids is 1. The van der Waals surface area contributed by atoms with Crippen molar-refractivity contribution in [1.82, 2.24) is 4.90 Å². The molecular weight excluding hydrogens is 377 g/mol. The van der Waals surface area contributed by atoms with E-state index in [1.807, 2.05) is 0 Å². The number of carboxylic acid groups (broad SMARTS) is 1. The summed E-state index contributed by atoms with van der Waals surface area (Å²) < 4.78 is 18.9. The van der Waals surface area contributed by atoms with Crippen LogP contribution < -0.4 is 4.74 Å². The van der Waals surface area contributed by atoms with Crippen molar-refractivity contribution in [1.29, 1.82) is 0 Å². The van der Waals surface area contributed by atoms with Gasteiger partial charge in [-0.15, -0.1) is 0 Å². The van der Waals surface area contributed by atoms with Crippen LogP contribution in [0.3, 0.4) is 0 Å². The Morgan fingerprint density at radius 3 is 2.72 bits per heavy atom. The van der Waals surface area contributed by atoms with Crippen molar-refractivity contribution in [2.45, 2.75) is 25.9 Å². The number of nitrogens with zero attached hydrogens (tertiary/aromatic N) is 1. The highest BCUT2D eigenvalue weighted by Gasteiger charge is 2.50. The van der Waals surface area contributed by atoms with Gasteiger partial charge >= 0.3 is 5.97 Å². The predicted octanol–water partition coefficient (Wildman–Crippen LogP) is 2.66. The number of piperidine rings is 1. The standard InChI is InChI=1S/C22H24FNO5/c1-14-6-7-16(23)11-18(14)20(26)24-9-8-19(25)22(13-24,21(27)28)12-15-4-3-5-17(10-15)29-2/h3-7,10-11,19,25H,8-9,12-13H2,1-2H3,(H,27,28)/t19-,22+/m0/s1. The first-order valence-corrected chi connectivity index (χ1v) is 9.36. The van der Waals surface area contributed by atoms with Crippen molar-refractivity contribution in [2.24, 2.45) is 5.41 Å². The number of halogens is 1. The van der Waals surface area contributed by atoms with Crippen LogP contribution in [0, 0.1) is 18.2 Å². The van der Waals surface area contributed by atoms with Crippen LogP contribution in [-0.2, 0) is 11.2 Å². The fourth-order valence-electron chi connectivity index (χ4n) is 3.85. The SMILES string of the molecule is COc1cccc(C[C@@]2(C(=O)O)CN(C(=O)c3cc(F)ccc3C)CC[C@@H]2O)c1. The molecule has 1 heterocycles. The lowest BCUT2D eigenvalue weighted by atomic mass is 9.72. The third-order valence-electron chi connectivity index (χ3n) is 5.58. The Balaban J connectivity index is 1.93. The number of carbonyl (C=O) groups is 2. The number of benzene rings is 2. The normalized spacial score (nSPS) is 21.7. The van der Waals surface area contributed by atoms with E-state index in [1.54, 1.807) is 31.2 Å². The second-order valence-electron chi connectivity index (χ2n) is 7.48. The molecule has 0 spiro atoms. The maximum Gasteiger partial charge on any atom is 0.314 e. The Kier molecular flexibility index (Phi) is 5.88. The summed E-state index contributed by atoms with van der Waals surface area (Å²) in [6.45, 7) is 1.73. The van der Waals surface area contributed by atoms with Crippen LogP contribution in [0.25, 0.3) is 0 Å². The number of methoxy groups -OCH3 is 1. The Hall–Kier alpha value is -2.93. The van der Waals surface area contributed by atoms with Crippen molar-refractivity contribution in [3.63, 3.8) is 0 Å².